The van der Waals surface area contributed by atoms with Crippen LogP contribution < -0.4 is 5.73 Å². The molecule has 3 heteroatoms. The van der Waals surface area contributed by atoms with Gasteiger partial charge < -0.3 is 10.6 Å². The third-order valence-corrected chi connectivity index (χ3v) is 4.56. The Kier molecular flexibility index (Phi) is 3.62. The van der Waals surface area contributed by atoms with Crippen LogP contribution in [0.5, 0.6) is 0 Å². The Morgan fingerprint density at radius 3 is 2.55 bits per heavy atom. The highest BCUT2D eigenvalue weighted by Crippen LogP contribution is 2.33. The molecule has 106 valence electrons. The molecule has 1 fully saturated rings. The van der Waals surface area contributed by atoms with Crippen LogP contribution in [0.2, 0.25) is 0 Å². The lowest BCUT2D eigenvalue weighted by atomic mass is 9.75. The average molecular weight is 270 g/mol. The highest BCUT2D eigenvalue weighted by molar-refractivity contribution is 5.79. The van der Waals surface area contributed by atoms with Crippen LogP contribution in [0.25, 0.3) is 5.57 Å². The van der Waals surface area contributed by atoms with Crippen LogP contribution in [0, 0.1) is 0 Å². The highest BCUT2D eigenvalue weighted by Gasteiger charge is 2.36. The van der Waals surface area contributed by atoms with E-state index in [1.807, 2.05) is 11.0 Å². The average Bonchev–Trinajstić information content (AvgIpc) is 2.47. The van der Waals surface area contributed by atoms with E-state index in [0.717, 1.165) is 32.4 Å². The van der Waals surface area contributed by atoms with Gasteiger partial charge in [-0.05, 0) is 36.8 Å². The summed E-state index contributed by atoms with van der Waals surface area (Å²) in [5.74, 6) is 0.218. The van der Waals surface area contributed by atoms with Crippen LogP contribution in [-0.2, 0) is 4.79 Å². The van der Waals surface area contributed by atoms with E-state index in [0.29, 0.717) is 6.42 Å². The first-order valence-electron chi connectivity index (χ1n) is 7.47. The smallest absolute Gasteiger partial charge is 0.224 e. The molecule has 0 saturated heterocycles. The van der Waals surface area contributed by atoms with E-state index in [-0.39, 0.29) is 11.4 Å². The maximum atomic E-state index is 12.3. The number of nitrogens with zero attached hydrogens (tertiary/aromatic N) is 1. The summed E-state index contributed by atoms with van der Waals surface area (Å²) in [5, 5.41) is 0. The summed E-state index contributed by atoms with van der Waals surface area (Å²) in [5.41, 5.74) is 8.58. The molecule has 1 saturated carbocycles. The third kappa shape index (κ3) is 2.78. The van der Waals surface area contributed by atoms with Gasteiger partial charge in [-0.15, -0.1) is 0 Å². The molecular weight excluding hydrogens is 248 g/mol. The van der Waals surface area contributed by atoms with Gasteiger partial charge in [-0.25, -0.2) is 0 Å². The monoisotopic (exact) mass is 270 g/mol. The molecule has 0 aromatic heterocycles. The van der Waals surface area contributed by atoms with Crippen molar-refractivity contribution in [3.63, 3.8) is 0 Å². The zero-order valence-corrected chi connectivity index (χ0v) is 11.8. The van der Waals surface area contributed by atoms with Gasteiger partial charge in [0.15, 0.2) is 0 Å². The van der Waals surface area contributed by atoms with Crippen molar-refractivity contribution in [2.75, 3.05) is 13.1 Å². The lowest BCUT2D eigenvalue weighted by Gasteiger charge is -2.39. The molecule has 2 N–H and O–H groups in total. The first-order valence-corrected chi connectivity index (χ1v) is 7.47. The van der Waals surface area contributed by atoms with Crippen molar-refractivity contribution in [2.24, 2.45) is 5.73 Å². The predicted octanol–water partition coefficient (Wildman–Crippen LogP) is 2.57. The molecule has 0 radical (unpaired) electrons. The molecule has 1 aliphatic carbocycles. The molecule has 2 aliphatic rings. The lowest BCUT2D eigenvalue weighted by molar-refractivity contribution is -0.132. The molecule has 1 amide bonds. The normalized spacial score (nSPS) is 21.1. The summed E-state index contributed by atoms with van der Waals surface area (Å²) >= 11 is 0. The van der Waals surface area contributed by atoms with Gasteiger partial charge in [-0.3, -0.25) is 4.79 Å². The van der Waals surface area contributed by atoms with E-state index in [1.54, 1.807) is 0 Å². The van der Waals surface area contributed by atoms with Crippen LogP contribution in [-0.4, -0.2) is 29.4 Å². The molecule has 0 bridgehead atoms. The van der Waals surface area contributed by atoms with Crippen molar-refractivity contribution in [1.82, 2.24) is 4.90 Å². The summed E-state index contributed by atoms with van der Waals surface area (Å²) < 4.78 is 0. The van der Waals surface area contributed by atoms with E-state index in [4.69, 9.17) is 5.73 Å². The molecule has 1 aromatic rings. The standard InChI is InChI=1S/C17H22N2O/c18-17(9-4-10-17)13-16(20)19-11-7-15(8-12-19)14-5-2-1-3-6-14/h1-3,5-7H,4,8-13,18H2. The van der Waals surface area contributed by atoms with Crippen LogP contribution in [0.15, 0.2) is 36.4 Å². The fourth-order valence-electron chi connectivity index (χ4n) is 3.03. The van der Waals surface area contributed by atoms with Crippen molar-refractivity contribution < 1.29 is 4.79 Å². The SMILES string of the molecule is NC1(CC(=O)N2CC=C(c3ccccc3)CC2)CCC1. The van der Waals surface area contributed by atoms with E-state index in [1.165, 1.54) is 17.6 Å². The molecule has 1 aromatic carbocycles. The molecule has 1 heterocycles. The van der Waals surface area contributed by atoms with Gasteiger partial charge in [0.05, 0.1) is 0 Å². The Hall–Kier alpha value is -1.61. The summed E-state index contributed by atoms with van der Waals surface area (Å²) in [6.07, 6.45) is 6.80. The number of benzene rings is 1. The van der Waals surface area contributed by atoms with Crippen LogP contribution in [0.1, 0.15) is 37.7 Å². The molecule has 3 rings (SSSR count). The van der Waals surface area contributed by atoms with Crippen LogP contribution >= 0.6 is 0 Å². The van der Waals surface area contributed by atoms with Gasteiger partial charge in [0.25, 0.3) is 0 Å². The molecule has 20 heavy (non-hydrogen) atoms. The van der Waals surface area contributed by atoms with Gasteiger partial charge in [-0.1, -0.05) is 36.4 Å². The largest absolute Gasteiger partial charge is 0.339 e. The van der Waals surface area contributed by atoms with Gasteiger partial charge in [0.2, 0.25) is 5.91 Å². The molecule has 0 spiro atoms. The fraction of sp³-hybridized carbons (Fsp3) is 0.471. The van der Waals surface area contributed by atoms with E-state index >= 15 is 0 Å². The fourth-order valence-corrected chi connectivity index (χ4v) is 3.03. The molecule has 0 atom stereocenters. The molecule has 1 aliphatic heterocycles. The Morgan fingerprint density at radius 1 is 1.25 bits per heavy atom. The first kappa shape index (κ1) is 13.4. The van der Waals surface area contributed by atoms with Gasteiger partial charge >= 0.3 is 0 Å². The Labute approximate surface area is 120 Å². The minimum atomic E-state index is -0.208. The topological polar surface area (TPSA) is 46.3 Å². The second-order valence-electron chi connectivity index (χ2n) is 6.08. The van der Waals surface area contributed by atoms with Crippen LogP contribution in [0.3, 0.4) is 0 Å². The van der Waals surface area contributed by atoms with E-state index in [9.17, 15) is 4.79 Å². The quantitative estimate of drug-likeness (QED) is 0.917. The maximum Gasteiger partial charge on any atom is 0.224 e. The number of carbonyl (C=O) groups is 1. The van der Waals surface area contributed by atoms with E-state index in [2.05, 4.69) is 30.3 Å². The number of rotatable bonds is 3. The minimum absolute atomic E-state index is 0.208. The molecule has 0 unspecified atom stereocenters. The maximum absolute atomic E-state index is 12.3. The van der Waals surface area contributed by atoms with Crippen molar-refractivity contribution >= 4 is 11.5 Å². The summed E-state index contributed by atoms with van der Waals surface area (Å²) in [6, 6.07) is 10.4. The van der Waals surface area contributed by atoms with Crippen molar-refractivity contribution in [3.05, 3.63) is 42.0 Å². The van der Waals surface area contributed by atoms with Gasteiger partial charge in [-0.2, -0.15) is 0 Å². The lowest BCUT2D eigenvalue weighted by Crippen LogP contribution is -2.51. The zero-order chi connectivity index (χ0) is 14.0. The molecule has 3 nitrogen and oxygen atoms in total. The Morgan fingerprint density at radius 2 is 2.00 bits per heavy atom. The second-order valence-corrected chi connectivity index (χ2v) is 6.08. The van der Waals surface area contributed by atoms with E-state index < -0.39 is 0 Å². The number of carbonyl (C=O) groups excluding carboxylic acids is 1. The summed E-state index contributed by atoms with van der Waals surface area (Å²) in [6.45, 7) is 1.54. The van der Waals surface area contributed by atoms with Crippen molar-refractivity contribution in [2.45, 2.75) is 37.6 Å². The summed E-state index contributed by atoms with van der Waals surface area (Å²) in [7, 11) is 0. The third-order valence-electron chi connectivity index (χ3n) is 4.56. The van der Waals surface area contributed by atoms with Gasteiger partial charge in [0.1, 0.15) is 0 Å². The van der Waals surface area contributed by atoms with Crippen molar-refractivity contribution in [3.8, 4) is 0 Å². The Bertz CT molecular complexity index is 517. The van der Waals surface area contributed by atoms with Gasteiger partial charge in [0, 0.05) is 25.0 Å². The Balaban J connectivity index is 1.60. The predicted molar refractivity (Wildman–Crippen MR) is 81.0 cm³/mol. The highest BCUT2D eigenvalue weighted by atomic mass is 16.2. The number of hydrogen-bond donors (Lipinski definition) is 1. The minimum Gasteiger partial charge on any atom is -0.339 e. The second kappa shape index (κ2) is 5.41. The molecular formula is C17H22N2O. The van der Waals surface area contributed by atoms with Crippen molar-refractivity contribution in [1.29, 1.82) is 0 Å². The number of hydrogen-bond acceptors (Lipinski definition) is 2. The summed E-state index contributed by atoms with van der Waals surface area (Å²) in [4.78, 5) is 14.2. The zero-order valence-electron chi connectivity index (χ0n) is 11.8. The number of amides is 1. The number of nitrogens with two attached hydrogens (primary N) is 1. The van der Waals surface area contributed by atoms with Crippen LogP contribution in [0.4, 0.5) is 0 Å². The first-order chi connectivity index (χ1) is 9.66.